The first kappa shape index (κ1) is 19.3. The molecule has 0 spiro atoms. The predicted molar refractivity (Wildman–Crippen MR) is 140 cm³/mol. The van der Waals surface area contributed by atoms with Gasteiger partial charge < -0.3 is 0 Å². The zero-order valence-corrected chi connectivity index (χ0v) is 20.5. The largest absolute Gasteiger partial charge is 0.0619 e. The molecule has 150 valence electrons. The van der Waals surface area contributed by atoms with Gasteiger partial charge in [-0.1, -0.05) is 86.6 Å². The predicted octanol–water partition coefficient (Wildman–Crippen LogP) is 9.49. The van der Waals surface area contributed by atoms with Gasteiger partial charge in [0, 0.05) is 14.4 Å². The van der Waals surface area contributed by atoms with E-state index in [-0.39, 0.29) is 5.41 Å². The Morgan fingerprint density at radius 2 is 1.06 bits per heavy atom. The van der Waals surface area contributed by atoms with E-state index < -0.39 is 0 Å². The van der Waals surface area contributed by atoms with Gasteiger partial charge in [-0.25, -0.2) is 0 Å². The first-order chi connectivity index (χ1) is 15.0. The van der Waals surface area contributed by atoms with Crippen LogP contribution in [0, 0.1) is 0 Å². The second kappa shape index (κ2) is 6.79. The van der Waals surface area contributed by atoms with E-state index in [4.69, 9.17) is 0 Å². The van der Waals surface area contributed by atoms with Gasteiger partial charge in [-0.05, 0) is 98.9 Å². The lowest BCUT2D eigenvalue weighted by atomic mass is 9.81. The summed E-state index contributed by atoms with van der Waals surface area (Å²) < 4.78 is 2.30. The third-order valence-electron chi connectivity index (χ3n) is 6.81. The molecule has 6 rings (SSSR count). The Hall–Kier alpha value is -2.42. The van der Waals surface area contributed by atoms with Crippen LogP contribution in [0.15, 0.2) is 93.9 Å². The first-order valence-corrected chi connectivity index (χ1v) is 12.1. The number of hydrogen-bond acceptors (Lipinski definition) is 0. The molecule has 0 saturated heterocycles. The molecule has 5 aromatic carbocycles. The molecular formula is C29H20Br2. The van der Waals surface area contributed by atoms with E-state index in [0.717, 1.165) is 8.95 Å². The molecule has 0 amide bonds. The average Bonchev–Trinajstić information content (AvgIpc) is 3.04. The van der Waals surface area contributed by atoms with Gasteiger partial charge >= 0.3 is 0 Å². The van der Waals surface area contributed by atoms with Crippen LogP contribution in [0.3, 0.4) is 0 Å². The maximum Gasteiger partial charge on any atom is 0.0333 e. The monoisotopic (exact) mass is 526 g/mol. The van der Waals surface area contributed by atoms with Gasteiger partial charge in [0.25, 0.3) is 0 Å². The molecule has 0 atom stereocenters. The normalized spacial score (nSPS) is 14.1. The number of hydrogen-bond donors (Lipinski definition) is 0. The van der Waals surface area contributed by atoms with Gasteiger partial charge in [0.2, 0.25) is 0 Å². The van der Waals surface area contributed by atoms with Crippen LogP contribution >= 0.6 is 31.9 Å². The first-order valence-electron chi connectivity index (χ1n) is 10.5. The van der Waals surface area contributed by atoms with Crippen LogP contribution in [0.2, 0.25) is 0 Å². The van der Waals surface area contributed by atoms with Crippen molar-refractivity contribution in [2.45, 2.75) is 19.3 Å². The van der Waals surface area contributed by atoms with Gasteiger partial charge in [0.05, 0.1) is 0 Å². The smallest absolute Gasteiger partial charge is 0.0333 e. The number of halogens is 2. The van der Waals surface area contributed by atoms with Crippen LogP contribution in [-0.2, 0) is 5.41 Å². The topological polar surface area (TPSA) is 0 Å². The second-order valence-electron chi connectivity index (χ2n) is 8.86. The summed E-state index contributed by atoms with van der Waals surface area (Å²) >= 11 is 7.74. The Morgan fingerprint density at radius 1 is 0.516 bits per heavy atom. The summed E-state index contributed by atoms with van der Waals surface area (Å²) in [7, 11) is 0. The van der Waals surface area contributed by atoms with Gasteiger partial charge in [-0.15, -0.1) is 0 Å². The van der Waals surface area contributed by atoms with E-state index in [1.54, 1.807) is 0 Å². The summed E-state index contributed by atoms with van der Waals surface area (Å²) in [4.78, 5) is 0. The number of fused-ring (bicyclic) bond motifs is 5. The summed E-state index contributed by atoms with van der Waals surface area (Å²) in [6.45, 7) is 4.67. The fraction of sp³-hybridized carbons (Fsp3) is 0.103. The molecule has 5 aromatic rings. The van der Waals surface area contributed by atoms with Crippen molar-refractivity contribution in [3.63, 3.8) is 0 Å². The highest BCUT2D eigenvalue weighted by Crippen LogP contribution is 2.49. The van der Waals surface area contributed by atoms with E-state index in [9.17, 15) is 0 Å². The van der Waals surface area contributed by atoms with Gasteiger partial charge in [-0.2, -0.15) is 0 Å². The molecule has 0 saturated carbocycles. The minimum Gasteiger partial charge on any atom is -0.0619 e. The zero-order chi connectivity index (χ0) is 21.3. The van der Waals surface area contributed by atoms with Crippen molar-refractivity contribution in [1.82, 2.24) is 0 Å². The molecule has 0 nitrogen and oxygen atoms in total. The van der Waals surface area contributed by atoms with Crippen molar-refractivity contribution in [2.24, 2.45) is 0 Å². The molecule has 0 N–H and O–H groups in total. The van der Waals surface area contributed by atoms with Crippen LogP contribution in [0.5, 0.6) is 0 Å². The zero-order valence-electron chi connectivity index (χ0n) is 17.3. The number of benzene rings is 5. The summed E-state index contributed by atoms with van der Waals surface area (Å²) in [5.74, 6) is 0. The number of rotatable bonds is 1. The molecule has 0 radical (unpaired) electrons. The van der Waals surface area contributed by atoms with E-state index in [2.05, 4.69) is 131 Å². The molecule has 2 heteroatoms. The van der Waals surface area contributed by atoms with E-state index in [0.29, 0.717) is 0 Å². The lowest BCUT2D eigenvalue weighted by Crippen LogP contribution is -2.14. The second-order valence-corrected chi connectivity index (χ2v) is 10.5. The molecular weight excluding hydrogens is 508 g/mol. The van der Waals surface area contributed by atoms with Gasteiger partial charge in [0.15, 0.2) is 0 Å². The Bertz CT molecular complexity index is 1530. The van der Waals surface area contributed by atoms with Crippen LogP contribution in [-0.4, -0.2) is 0 Å². The van der Waals surface area contributed by atoms with Gasteiger partial charge in [-0.3, -0.25) is 0 Å². The minimum atomic E-state index is 0.0125. The van der Waals surface area contributed by atoms with Crippen molar-refractivity contribution >= 4 is 53.4 Å². The van der Waals surface area contributed by atoms with E-state index >= 15 is 0 Å². The average molecular weight is 528 g/mol. The fourth-order valence-electron chi connectivity index (χ4n) is 5.14. The van der Waals surface area contributed by atoms with E-state index in [1.165, 1.54) is 54.9 Å². The lowest BCUT2D eigenvalue weighted by molar-refractivity contribution is 0.660. The highest BCUT2D eigenvalue weighted by Gasteiger charge is 2.35. The summed E-state index contributed by atoms with van der Waals surface area (Å²) in [6.07, 6.45) is 0. The third-order valence-corrected chi connectivity index (χ3v) is 8.52. The van der Waals surface area contributed by atoms with Crippen molar-refractivity contribution in [2.75, 3.05) is 0 Å². The van der Waals surface area contributed by atoms with Crippen LogP contribution in [0.25, 0.3) is 43.8 Å². The Morgan fingerprint density at radius 3 is 1.84 bits per heavy atom. The van der Waals surface area contributed by atoms with Crippen molar-refractivity contribution in [3.05, 3.63) is 105 Å². The van der Waals surface area contributed by atoms with E-state index in [1.807, 2.05) is 0 Å². The summed E-state index contributed by atoms with van der Waals surface area (Å²) in [5, 5.41) is 4.91. The summed E-state index contributed by atoms with van der Waals surface area (Å²) in [6, 6.07) is 31.1. The molecule has 31 heavy (non-hydrogen) atoms. The maximum atomic E-state index is 3.89. The Balaban J connectivity index is 1.56. The highest BCUT2D eigenvalue weighted by molar-refractivity contribution is 9.11. The third kappa shape index (κ3) is 2.71. The fourth-order valence-corrected chi connectivity index (χ4v) is 6.50. The quantitative estimate of drug-likeness (QED) is 0.190. The minimum absolute atomic E-state index is 0.0125. The molecule has 1 aliphatic rings. The molecule has 0 aliphatic heterocycles. The van der Waals surface area contributed by atoms with Gasteiger partial charge in [0.1, 0.15) is 0 Å². The highest BCUT2D eigenvalue weighted by atomic mass is 79.9. The van der Waals surface area contributed by atoms with Crippen molar-refractivity contribution in [3.8, 4) is 22.3 Å². The lowest BCUT2D eigenvalue weighted by Gasteiger charge is -2.22. The molecule has 0 unspecified atom stereocenters. The standard InChI is InChI=1S/C29H20Br2/c1-29(2)25-10-6-5-7-19(25)20-13-11-18(16-26(20)29)17-12-14-23-24(15-17)28(31)22-9-4-3-8-21(22)27(23)30/h3-16H,1-2H3. The Kier molecular flexibility index (Phi) is 4.22. The molecule has 0 bridgehead atoms. The van der Waals surface area contributed by atoms with Crippen LogP contribution in [0.1, 0.15) is 25.0 Å². The molecule has 0 fully saturated rings. The molecule has 1 aliphatic carbocycles. The van der Waals surface area contributed by atoms with Crippen molar-refractivity contribution in [1.29, 1.82) is 0 Å². The van der Waals surface area contributed by atoms with Crippen LogP contribution in [0.4, 0.5) is 0 Å². The van der Waals surface area contributed by atoms with Crippen molar-refractivity contribution < 1.29 is 0 Å². The van der Waals surface area contributed by atoms with Crippen LogP contribution < -0.4 is 0 Å². The molecule has 0 heterocycles. The Labute approximate surface area is 199 Å². The maximum absolute atomic E-state index is 3.89. The molecule has 0 aromatic heterocycles. The SMILES string of the molecule is CC1(C)c2ccccc2-c2ccc(-c3ccc4c(Br)c5ccccc5c(Br)c4c3)cc21. The summed E-state index contributed by atoms with van der Waals surface area (Å²) in [5.41, 5.74) is 8.07.